The third-order valence-electron chi connectivity index (χ3n) is 6.31. The molecule has 3 N–H and O–H groups in total. The van der Waals surface area contributed by atoms with Crippen LogP contribution in [-0.4, -0.2) is 30.9 Å². The second kappa shape index (κ2) is 8.02. The van der Waals surface area contributed by atoms with Crippen molar-refractivity contribution >= 4 is 44.8 Å². The minimum absolute atomic E-state index is 0.0374. The van der Waals surface area contributed by atoms with Crippen molar-refractivity contribution in [1.29, 1.82) is 0 Å². The van der Waals surface area contributed by atoms with Gasteiger partial charge in [-0.25, -0.2) is 9.97 Å². The largest absolute Gasteiger partial charge is 0.340 e. The Bertz CT molecular complexity index is 1500. The van der Waals surface area contributed by atoms with Gasteiger partial charge in [0.05, 0.1) is 17.1 Å². The van der Waals surface area contributed by atoms with Gasteiger partial charge in [-0.2, -0.15) is 5.10 Å². The number of aromatic nitrogens is 5. The average Bonchev–Trinajstić information content (AvgIpc) is 3.52. The second-order valence-corrected chi connectivity index (χ2v) is 8.40. The van der Waals surface area contributed by atoms with Crippen molar-refractivity contribution in [3.8, 4) is 0 Å². The van der Waals surface area contributed by atoms with E-state index in [0.29, 0.717) is 0 Å². The smallest absolute Gasteiger partial charge is 0.166 e. The molecule has 0 radical (unpaired) electrons. The number of anilines is 2. The highest BCUT2D eigenvalue weighted by atomic mass is 16.1. The van der Waals surface area contributed by atoms with Gasteiger partial charge in [0.2, 0.25) is 0 Å². The number of rotatable bonds is 5. The van der Waals surface area contributed by atoms with Gasteiger partial charge in [0.25, 0.3) is 0 Å². The molecule has 0 saturated heterocycles. The third-order valence-corrected chi connectivity index (χ3v) is 6.31. The van der Waals surface area contributed by atoms with E-state index in [4.69, 9.17) is 0 Å². The number of carbonyl (C=O) groups excluding carboxylic acids is 1. The standard InChI is InChI=1S/C26H22N6O/c33-24(17-4-2-1-3-5-17)18-8-6-16(7-9-18)23-13-21-25(27-15-28-26(21)31-23)30-20-10-11-22-19(12-20)14-29-32-22/h1-6,10-15,18H,7-9H2,(H,29,32)(H2,27,28,30,31). The van der Waals surface area contributed by atoms with Crippen LogP contribution in [0.25, 0.3) is 27.5 Å². The van der Waals surface area contributed by atoms with Crippen LogP contribution in [0.15, 0.2) is 73.2 Å². The lowest BCUT2D eigenvalue weighted by atomic mass is 9.83. The number of allylic oxidation sites excluding steroid dienone is 2. The highest BCUT2D eigenvalue weighted by molar-refractivity contribution is 5.98. The van der Waals surface area contributed by atoms with Crippen LogP contribution in [0.2, 0.25) is 0 Å². The molecule has 162 valence electrons. The van der Waals surface area contributed by atoms with Crippen LogP contribution in [0.5, 0.6) is 0 Å². The van der Waals surface area contributed by atoms with Crippen LogP contribution in [0.3, 0.4) is 0 Å². The number of carbonyl (C=O) groups is 1. The van der Waals surface area contributed by atoms with E-state index in [1.54, 1.807) is 12.5 Å². The molecule has 1 aliphatic rings. The van der Waals surface area contributed by atoms with Gasteiger partial charge in [-0.05, 0) is 49.1 Å². The second-order valence-electron chi connectivity index (χ2n) is 8.40. The summed E-state index contributed by atoms with van der Waals surface area (Å²) in [6.07, 6.45) is 7.99. The highest BCUT2D eigenvalue weighted by Crippen LogP contribution is 2.34. The Hall–Kier alpha value is -4.26. The maximum atomic E-state index is 12.8. The molecule has 2 aromatic carbocycles. The first-order valence-electron chi connectivity index (χ1n) is 11.1. The van der Waals surface area contributed by atoms with Crippen molar-refractivity contribution < 1.29 is 4.79 Å². The number of Topliss-reactive ketones (excluding diaryl/α,β-unsaturated/α-hetero) is 1. The maximum Gasteiger partial charge on any atom is 0.166 e. The monoisotopic (exact) mass is 434 g/mol. The molecule has 0 fully saturated rings. The molecule has 5 aromatic rings. The molecule has 1 unspecified atom stereocenters. The van der Waals surface area contributed by atoms with Crippen molar-refractivity contribution in [3.05, 3.63) is 84.5 Å². The fourth-order valence-corrected chi connectivity index (χ4v) is 4.52. The summed E-state index contributed by atoms with van der Waals surface area (Å²) in [4.78, 5) is 25.1. The van der Waals surface area contributed by atoms with Gasteiger partial charge in [0.1, 0.15) is 17.8 Å². The van der Waals surface area contributed by atoms with Crippen LogP contribution in [0.1, 0.15) is 35.3 Å². The Morgan fingerprint density at radius 2 is 1.97 bits per heavy atom. The molecule has 33 heavy (non-hydrogen) atoms. The number of nitrogens with one attached hydrogen (secondary N) is 3. The SMILES string of the molecule is O=C(c1ccccc1)C1CC=C(c2cc3c(Nc4ccc5[nH]ncc5c4)ncnc3[nH]2)CC1. The molecule has 0 saturated carbocycles. The Morgan fingerprint density at radius 1 is 1.06 bits per heavy atom. The van der Waals surface area contributed by atoms with E-state index in [0.717, 1.165) is 64.0 Å². The number of hydrogen-bond acceptors (Lipinski definition) is 5. The normalized spacial score (nSPS) is 16.1. The number of hydrogen-bond donors (Lipinski definition) is 3. The molecule has 0 spiro atoms. The Morgan fingerprint density at radius 3 is 2.82 bits per heavy atom. The zero-order valence-electron chi connectivity index (χ0n) is 17.9. The quantitative estimate of drug-likeness (QED) is 0.311. The first-order chi connectivity index (χ1) is 16.2. The molecule has 6 rings (SSSR count). The predicted molar refractivity (Wildman–Crippen MR) is 129 cm³/mol. The van der Waals surface area contributed by atoms with Crippen LogP contribution in [0, 0.1) is 5.92 Å². The Kier molecular flexibility index (Phi) is 4.72. The summed E-state index contributed by atoms with van der Waals surface area (Å²) >= 11 is 0. The van der Waals surface area contributed by atoms with E-state index in [9.17, 15) is 4.79 Å². The van der Waals surface area contributed by atoms with Crippen molar-refractivity contribution in [2.75, 3.05) is 5.32 Å². The van der Waals surface area contributed by atoms with E-state index in [-0.39, 0.29) is 11.7 Å². The lowest BCUT2D eigenvalue weighted by Gasteiger charge is -2.20. The van der Waals surface area contributed by atoms with Gasteiger partial charge in [-0.15, -0.1) is 0 Å². The Labute approximate surface area is 190 Å². The van der Waals surface area contributed by atoms with E-state index in [1.807, 2.05) is 48.5 Å². The molecule has 0 aliphatic heterocycles. The zero-order valence-corrected chi connectivity index (χ0v) is 17.9. The zero-order chi connectivity index (χ0) is 22.2. The number of H-pyrrole nitrogens is 2. The maximum absolute atomic E-state index is 12.8. The number of ketones is 1. The lowest BCUT2D eigenvalue weighted by molar-refractivity contribution is 0.0913. The molecule has 3 aromatic heterocycles. The molecule has 1 atom stereocenters. The van der Waals surface area contributed by atoms with Gasteiger partial charge in [0.15, 0.2) is 5.78 Å². The van der Waals surface area contributed by atoms with Crippen LogP contribution in [-0.2, 0) is 0 Å². The third kappa shape index (κ3) is 3.67. The molecule has 3 heterocycles. The molecular weight excluding hydrogens is 412 g/mol. The first-order valence-corrected chi connectivity index (χ1v) is 11.1. The van der Waals surface area contributed by atoms with Crippen molar-refractivity contribution in [2.45, 2.75) is 19.3 Å². The van der Waals surface area contributed by atoms with E-state index in [1.165, 1.54) is 5.57 Å². The molecule has 0 bridgehead atoms. The summed E-state index contributed by atoms with van der Waals surface area (Å²) in [6.45, 7) is 0. The van der Waals surface area contributed by atoms with Crippen molar-refractivity contribution in [1.82, 2.24) is 25.1 Å². The van der Waals surface area contributed by atoms with Gasteiger partial charge in [0, 0.05) is 28.2 Å². The van der Waals surface area contributed by atoms with Crippen LogP contribution < -0.4 is 5.32 Å². The van der Waals surface area contributed by atoms with Crippen molar-refractivity contribution in [2.24, 2.45) is 5.92 Å². The lowest BCUT2D eigenvalue weighted by Crippen LogP contribution is -2.17. The molecule has 0 amide bonds. The van der Waals surface area contributed by atoms with E-state index in [2.05, 4.69) is 42.6 Å². The summed E-state index contributed by atoms with van der Waals surface area (Å²) < 4.78 is 0. The summed E-state index contributed by atoms with van der Waals surface area (Å²) in [5, 5.41) is 12.4. The Balaban J connectivity index is 1.24. The number of nitrogens with zero attached hydrogens (tertiary/aromatic N) is 3. The molecule has 7 nitrogen and oxygen atoms in total. The van der Waals surface area contributed by atoms with E-state index >= 15 is 0 Å². The van der Waals surface area contributed by atoms with Gasteiger partial charge >= 0.3 is 0 Å². The summed E-state index contributed by atoms with van der Waals surface area (Å²) in [6, 6.07) is 17.7. The van der Waals surface area contributed by atoms with Crippen molar-refractivity contribution in [3.63, 3.8) is 0 Å². The molecular formula is C26H22N6O. The fourth-order valence-electron chi connectivity index (χ4n) is 4.52. The van der Waals surface area contributed by atoms with E-state index < -0.39 is 0 Å². The first kappa shape index (κ1) is 19.4. The predicted octanol–water partition coefficient (Wildman–Crippen LogP) is 5.64. The number of aromatic amines is 2. The summed E-state index contributed by atoms with van der Waals surface area (Å²) in [5.41, 5.74) is 5.76. The minimum Gasteiger partial charge on any atom is -0.340 e. The summed E-state index contributed by atoms with van der Waals surface area (Å²) in [7, 11) is 0. The molecule has 1 aliphatic carbocycles. The summed E-state index contributed by atoms with van der Waals surface area (Å²) in [5.74, 6) is 1.02. The highest BCUT2D eigenvalue weighted by Gasteiger charge is 2.24. The topological polar surface area (TPSA) is 99.3 Å². The average molecular weight is 435 g/mol. The van der Waals surface area contributed by atoms with Gasteiger partial charge < -0.3 is 10.3 Å². The number of benzene rings is 2. The number of fused-ring (bicyclic) bond motifs is 2. The minimum atomic E-state index is 0.0374. The van der Waals surface area contributed by atoms with Crippen LogP contribution in [0.4, 0.5) is 11.5 Å². The van der Waals surface area contributed by atoms with Gasteiger partial charge in [-0.3, -0.25) is 9.89 Å². The fraction of sp³-hybridized carbons (Fsp3) is 0.154. The van der Waals surface area contributed by atoms with Gasteiger partial charge in [-0.1, -0.05) is 36.4 Å². The van der Waals surface area contributed by atoms with Crippen LogP contribution >= 0.6 is 0 Å². The molecule has 7 heteroatoms.